The number of hydrogen-bond acceptors (Lipinski definition) is 4. The van der Waals surface area contributed by atoms with Crippen LogP contribution in [0.2, 0.25) is 0 Å². The Balaban J connectivity index is 1.77. The van der Waals surface area contributed by atoms with E-state index < -0.39 is 11.6 Å². The second-order valence-corrected chi connectivity index (χ2v) is 7.20. The first kappa shape index (κ1) is 19.8. The average molecular weight is 405 g/mol. The molecule has 5 nitrogen and oxygen atoms in total. The molecule has 152 valence electrons. The van der Waals surface area contributed by atoms with Crippen molar-refractivity contribution in [2.75, 3.05) is 7.05 Å². The molecule has 1 aromatic heterocycles. The molecule has 0 bridgehead atoms. The van der Waals surface area contributed by atoms with Crippen LogP contribution in [0.15, 0.2) is 72.8 Å². The van der Waals surface area contributed by atoms with Crippen LogP contribution in [-0.4, -0.2) is 32.2 Å². The number of hydrogen-bond donors (Lipinski definition) is 0. The lowest BCUT2D eigenvalue weighted by Gasteiger charge is -2.28. The number of rotatable bonds is 6. The molecule has 0 aliphatic rings. The topological polar surface area (TPSA) is 46.8 Å². The maximum atomic E-state index is 14.3. The van der Waals surface area contributed by atoms with Crippen LogP contribution in [0.5, 0.6) is 0 Å². The minimum absolute atomic E-state index is 0.256. The van der Waals surface area contributed by atoms with Crippen LogP contribution in [0.25, 0.3) is 5.69 Å². The molecule has 0 saturated heterocycles. The third-order valence-corrected chi connectivity index (χ3v) is 5.07. The molecule has 0 saturated carbocycles. The second kappa shape index (κ2) is 8.51. The minimum atomic E-state index is -0.595. The lowest BCUT2D eigenvalue weighted by molar-refractivity contribution is 0.254. The normalized spacial score (nSPS) is 12.3. The first-order valence-electron chi connectivity index (χ1n) is 9.58. The van der Waals surface area contributed by atoms with Crippen LogP contribution in [0, 0.1) is 18.6 Å². The lowest BCUT2D eigenvalue weighted by Crippen LogP contribution is -2.28. The number of aryl methyl sites for hydroxylation is 1. The van der Waals surface area contributed by atoms with Crippen molar-refractivity contribution in [1.29, 1.82) is 0 Å². The van der Waals surface area contributed by atoms with Gasteiger partial charge in [0, 0.05) is 18.2 Å². The van der Waals surface area contributed by atoms with Crippen LogP contribution in [0.1, 0.15) is 28.6 Å². The molecule has 0 aliphatic carbocycles. The fraction of sp³-hybridized carbons (Fsp3) is 0.174. The summed E-state index contributed by atoms with van der Waals surface area (Å²) in [5, 5.41) is 12.5. The highest BCUT2D eigenvalue weighted by molar-refractivity contribution is 5.40. The van der Waals surface area contributed by atoms with Gasteiger partial charge in [0.25, 0.3) is 0 Å². The first-order valence-corrected chi connectivity index (χ1v) is 9.58. The molecule has 0 radical (unpaired) electrons. The van der Waals surface area contributed by atoms with Crippen molar-refractivity contribution in [1.82, 2.24) is 25.1 Å². The van der Waals surface area contributed by atoms with Crippen molar-refractivity contribution in [2.24, 2.45) is 0 Å². The molecule has 0 amide bonds. The van der Waals surface area contributed by atoms with Gasteiger partial charge in [-0.25, -0.2) is 8.78 Å². The van der Waals surface area contributed by atoms with Gasteiger partial charge in [0.2, 0.25) is 0 Å². The van der Waals surface area contributed by atoms with E-state index in [2.05, 4.69) is 15.5 Å². The quantitative estimate of drug-likeness (QED) is 0.475. The maximum Gasteiger partial charge on any atom is 0.178 e. The summed E-state index contributed by atoms with van der Waals surface area (Å²) < 4.78 is 29.3. The third-order valence-electron chi connectivity index (χ3n) is 5.07. The Kier molecular flexibility index (Phi) is 5.63. The number of benzene rings is 3. The Morgan fingerprint density at radius 2 is 1.70 bits per heavy atom. The van der Waals surface area contributed by atoms with E-state index in [9.17, 15) is 8.78 Å². The van der Waals surface area contributed by atoms with Crippen molar-refractivity contribution in [3.05, 3.63) is 107 Å². The van der Waals surface area contributed by atoms with Gasteiger partial charge in [0.1, 0.15) is 11.6 Å². The smallest absolute Gasteiger partial charge is 0.178 e. The summed E-state index contributed by atoms with van der Waals surface area (Å²) in [5.41, 5.74) is 3.27. The molecule has 0 aliphatic heterocycles. The van der Waals surface area contributed by atoms with E-state index in [4.69, 9.17) is 0 Å². The van der Waals surface area contributed by atoms with E-state index in [1.165, 1.54) is 12.1 Å². The summed E-state index contributed by atoms with van der Waals surface area (Å²) >= 11 is 0. The molecule has 7 heteroatoms. The molecule has 0 N–H and O–H groups in total. The zero-order chi connectivity index (χ0) is 21.1. The van der Waals surface area contributed by atoms with Gasteiger partial charge in [0.05, 0.1) is 11.7 Å². The van der Waals surface area contributed by atoms with Gasteiger partial charge in [-0.3, -0.25) is 4.90 Å². The van der Waals surface area contributed by atoms with Crippen molar-refractivity contribution < 1.29 is 8.78 Å². The Morgan fingerprint density at radius 1 is 0.967 bits per heavy atom. The average Bonchev–Trinajstić information content (AvgIpc) is 3.20. The SMILES string of the molecule is Cc1ccccc1-n1nnnc1C(c1ccccc1)N(C)Cc1ccc(F)cc1F. The lowest BCUT2D eigenvalue weighted by atomic mass is 10.0. The number of para-hydroxylation sites is 1. The summed E-state index contributed by atoms with van der Waals surface area (Å²) in [7, 11) is 1.87. The molecule has 30 heavy (non-hydrogen) atoms. The van der Waals surface area contributed by atoms with E-state index in [1.807, 2.05) is 73.5 Å². The summed E-state index contributed by atoms with van der Waals surface area (Å²) in [5.74, 6) is -0.560. The highest BCUT2D eigenvalue weighted by Gasteiger charge is 2.27. The van der Waals surface area contributed by atoms with Gasteiger partial charge in [-0.2, -0.15) is 4.68 Å². The molecular weight excluding hydrogens is 384 g/mol. The Labute approximate surface area is 173 Å². The Morgan fingerprint density at radius 3 is 2.43 bits per heavy atom. The van der Waals surface area contributed by atoms with E-state index in [1.54, 1.807) is 4.68 Å². The van der Waals surface area contributed by atoms with Gasteiger partial charge in [0.15, 0.2) is 5.82 Å². The zero-order valence-electron chi connectivity index (χ0n) is 16.7. The number of nitrogens with zero attached hydrogens (tertiary/aromatic N) is 5. The number of aromatic nitrogens is 4. The standard InChI is InChI=1S/C23H21F2N5/c1-16-8-6-7-11-21(16)30-23(26-27-28-30)22(17-9-4-3-5-10-17)29(2)15-18-12-13-19(24)14-20(18)25/h3-14,22H,15H2,1-2H3. The number of tetrazole rings is 1. The second-order valence-electron chi connectivity index (χ2n) is 7.20. The van der Waals surface area contributed by atoms with Crippen LogP contribution in [0.3, 0.4) is 0 Å². The van der Waals surface area contributed by atoms with Crippen molar-refractivity contribution in [3.8, 4) is 5.69 Å². The van der Waals surface area contributed by atoms with Gasteiger partial charge in [-0.15, -0.1) is 5.10 Å². The highest BCUT2D eigenvalue weighted by Crippen LogP contribution is 2.29. The molecule has 3 aromatic carbocycles. The van der Waals surface area contributed by atoms with E-state index in [-0.39, 0.29) is 12.6 Å². The van der Waals surface area contributed by atoms with Crippen molar-refractivity contribution in [2.45, 2.75) is 19.5 Å². The minimum Gasteiger partial charge on any atom is -0.288 e. The molecule has 0 fully saturated rings. The molecular formula is C23H21F2N5. The summed E-state index contributed by atoms with van der Waals surface area (Å²) in [6.45, 7) is 2.25. The fourth-order valence-corrected chi connectivity index (χ4v) is 3.58. The summed E-state index contributed by atoms with van der Waals surface area (Å²) in [4.78, 5) is 1.95. The maximum absolute atomic E-state index is 14.3. The van der Waals surface area contributed by atoms with E-state index >= 15 is 0 Å². The Hall–Kier alpha value is -3.45. The third kappa shape index (κ3) is 3.97. The zero-order valence-corrected chi connectivity index (χ0v) is 16.7. The van der Waals surface area contributed by atoms with Crippen LogP contribution < -0.4 is 0 Å². The summed E-state index contributed by atoms with van der Waals surface area (Å²) in [6, 6.07) is 20.9. The molecule has 0 spiro atoms. The predicted octanol–water partition coefficient (Wildman–Crippen LogP) is 4.47. The first-order chi connectivity index (χ1) is 14.5. The Bertz CT molecular complexity index is 1140. The van der Waals surface area contributed by atoms with E-state index in [0.29, 0.717) is 11.4 Å². The van der Waals surface area contributed by atoms with Gasteiger partial charge in [-0.1, -0.05) is 54.6 Å². The van der Waals surface area contributed by atoms with Crippen molar-refractivity contribution in [3.63, 3.8) is 0 Å². The van der Waals surface area contributed by atoms with Crippen LogP contribution in [0.4, 0.5) is 8.78 Å². The largest absolute Gasteiger partial charge is 0.288 e. The molecule has 1 unspecified atom stereocenters. The van der Waals surface area contributed by atoms with Gasteiger partial charge in [-0.05, 0) is 47.7 Å². The van der Waals surface area contributed by atoms with E-state index in [0.717, 1.165) is 22.9 Å². The van der Waals surface area contributed by atoms with Gasteiger partial charge >= 0.3 is 0 Å². The molecule has 4 rings (SSSR count). The molecule has 4 aromatic rings. The van der Waals surface area contributed by atoms with Crippen LogP contribution in [-0.2, 0) is 6.54 Å². The highest BCUT2D eigenvalue weighted by atomic mass is 19.1. The summed E-state index contributed by atoms with van der Waals surface area (Å²) in [6.07, 6.45) is 0. The van der Waals surface area contributed by atoms with Gasteiger partial charge < -0.3 is 0 Å². The van der Waals surface area contributed by atoms with Crippen molar-refractivity contribution >= 4 is 0 Å². The predicted molar refractivity (Wildman–Crippen MR) is 110 cm³/mol. The fourth-order valence-electron chi connectivity index (χ4n) is 3.58. The molecule has 1 atom stereocenters. The monoisotopic (exact) mass is 405 g/mol. The molecule has 1 heterocycles. The van der Waals surface area contributed by atoms with Crippen LogP contribution >= 0.6 is 0 Å². The number of halogens is 2.